The van der Waals surface area contributed by atoms with Crippen LogP contribution in [0.25, 0.3) is 5.69 Å². The summed E-state index contributed by atoms with van der Waals surface area (Å²) >= 11 is 1.25. The van der Waals surface area contributed by atoms with Gasteiger partial charge in [-0.3, -0.25) is 9.59 Å². The minimum Gasteiger partial charge on any atom is -0.326 e. The van der Waals surface area contributed by atoms with Crippen LogP contribution in [-0.4, -0.2) is 37.3 Å². The lowest BCUT2D eigenvalue weighted by Crippen LogP contribution is -2.22. The van der Waals surface area contributed by atoms with Gasteiger partial charge in [-0.25, -0.2) is 0 Å². The van der Waals surface area contributed by atoms with E-state index in [-0.39, 0.29) is 11.8 Å². The zero-order chi connectivity index (χ0) is 19.2. The van der Waals surface area contributed by atoms with Crippen LogP contribution in [0, 0.1) is 0 Å². The van der Waals surface area contributed by atoms with Crippen LogP contribution in [-0.2, 0) is 9.59 Å². The molecule has 9 heteroatoms. The normalized spacial score (nSPS) is 11.6. The van der Waals surface area contributed by atoms with Gasteiger partial charge in [-0.2, -0.15) is 4.68 Å². The molecule has 1 heterocycles. The molecule has 0 spiro atoms. The van der Waals surface area contributed by atoms with Crippen LogP contribution >= 0.6 is 11.8 Å². The van der Waals surface area contributed by atoms with Gasteiger partial charge in [0, 0.05) is 18.3 Å². The van der Waals surface area contributed by atoms with Crippen LogP contribution in [0.15, 0.2) is 59.8 Å². The molecule has 0 bridgehead atoms. The van der Waals surface area contributed by atoms with Crippen LogP contribution in [0.1, 0.15) is 13.8 Å². The number of rotatable bonds is 6. The monoisotopic (exact) mass is 382 g/mol. The van der Waals surface area contributed by atoms with Crippen LogP contribution in [0.4, 0.5) is 11.4 Å². The summed E-state index contributed by atoms with van der Waals surface area (Å²) in [5.41, 5.74) is 2.06. The average Bonchev–Trinajstić information content (AvgIpc) is 3.10. The number of thioether (sulfide) groups is 1. The lowest BCUT2D eigenvalue weighted by molar-refractivity contribution is -0.115. The van der Waals surface area contributed by atoms with Crippen LogP contribution < -0.4 is 10.6 Å². The summed E-state index contributed by atoms with van der Waals surface area (Å²) in [5.74, 6) is -0.308. The van der Waals surface area contributed by atoms with Crippen LogP contribution in [0.3, 0.4) is 0 Å². The van der Waals surface area contributed by atoms with Gasteiger partial charge in [-0.1, -0.05) is 36.0 Å². The Bertz CT molecular complexity index is 944. The van der Waals surface area contributed by atoms with Crippen molar-refractivity contribution < 1.29 is 9.59 Å². The van der Waals surface area contributed by atoms with Crippen molar-refractivity contribution in [2.45, 2.75) is 24.3 Å². The highest BCUT2D eigenvalue weighted by atomic mass is 32.2. The van der Waals surface area contributed by atoms with Gasteiger partial charge in [-0.05, 0) is 47.7 Å². The second kappa shape index (κ2) is 8.45. The zero-order valence-corrected chi connectivity index (χ0v) is 15.6. The molecule has 1 atom stereocenters. The molecule has 3 aromatic rings. The summed E-state index contributed by atoms with van der Waals surface area (Å²) in [5, 5.41) is 17.4. The lowest BCUT2D eigenvalue weighted by atomic mass is 10.3. The molecular formula is C18H18N6O2S. The maximum Gasteiger partial charge on any atom is 0.237 e. The lowest BCUT2D eigenvalue weighted by Gasteiger charge is -2.12. The van der Waals surface area contributed by atoms with E-state index in [9.17, 15) is 9.59 Å². The van der Waals surface area contributed by atoms with Crippen LogP contribution in [0.2, 0.25) is 0 Å². The Morgan fingerprint density at radius 1 is 1.04 bits per heavy atom. The van der Waals surface area contributed by atoms with Gasteiger partial charge in [0.2, 0.25) is 17.0 Å². The number of nitrogens with one attached hydrogen (secondary N) is 2. The van der Waals surface area contributed by atoms with E-state index < -0.39 is 5.25 Å². The maximum atomic E-state index is 12.4. The standard InChI is InChI=1S/C18H18N6O2S/c1-12(17(26)20-14-7-4-3-5-8-14)27-18-21-22-23-24(18)16-10-6-9-15(11-16)19-13(2)25/h3-12H,1-2H3,(H,19,25)(H,20,26)/t12-/m0/s1. The molecule has 2 N–H and O–H groups in total. The predicted octanol–water partition coefficient (Wildman–Crippen LogP) is 2.74. The Hall–Kier alpha value is -3.20. The number of aromatic nitrogens is 4. The van der Waals surface area contributed by atoms with Crippen molar-refractivity contribution in [3.05, 3.63) is 54.6 Å². The third-order valence-corrected chi connectivity index (χ3v) is 4.58. The molecule has 0 saturated heterocycles. The van der Waals surface area contributed by atoms with E-state index in [0.29, 0.717) is 16.5 Å². The third-order valence-electron chi connectivity index (χ3n) is 3.54. The van der Waals surface area contributed by atoms with Crippen molar-refractivity contribution in [2.24, 2.45) is 0 Å². The van der Waals surface area contributed by atoms with Crippen molar-refractivity contribution in [3.8, 4) is 5.69 Å². The molecule has 0 fully saturated rings. The SMILES string of the molecule is CC(=O)Nc1cccc(-n2nnnc2S[C@@H](C)C(=O)Nc2ccccc2)c1. The predicted molar refractivity (Wildman–Crippen MR) is 104 cm³/mol. The number of tetrazole rings is 1. The van der Waals surface area contributed by atoms with Gasteiger partial charge in [-0.15, -0.1) is 5.10 Å². The second-order valence-corrected chi connectivity index (χ2v) is 7.03. The van der Waals surface area contributed by atoms with Gasteiger partial charge in [0.1, 0.15) is 0 Å². The van der Waals surface area contributed by atoms with E-state index in [1.165, 1.54) is 23.4 Å². The molecule has 27 heavy (non-hydrogen) atoms. The molecule has 8 nitrogen and oxygen atoms in total. The first-order chi connectivity index (χ1) is 13.0. The first-order valence-corrected chi connectivity index (χ1v) is 9.10. The minimum absolute atomic E-state index is 0.146. The molecular weight excluding hydrogens is 364 g/mol. The number of anilines is 2. The van der Waals surface area contributed by atoms with E-state index in [0.717, 1.165) is 5.69 Å². The van der Waals surface area contributed by atoms with Crippen molar-refractivity contribution in [3.63, 3.8) is 0 Å². The number of carbonyl (C=O) groups is 2. The largest absolute Gasteiger partial charge is 0.326 e. The van der Waals surface area contributed by atoms with Crippen molar-refractivity contribution in [1.82, 2.24) is 20.2 Å². The molecule has 2 amide bonds. The summed E-state index contributed by atoms with van der Waals surface area (Å²) in [7, 11) is 0. The first kappa shape index (κ1) is 18.6. The minimum atomic E-state index is -0.409. The number of carbonyl (C=O) groups excluding carboxylic acids is 2. The van der Waals surface area contributed by atoms with Crippen LogP contribution in [0.5, 0.6) is 0 Å². The molecule has 1 aromatic heterocycles. The van der Waals surface area contributed by atoms with Gasteiger partial charge in [0.05, 0.1) is 10.9 Å². The van der Waals surface area contributed by atoms with Crippen molar-refractivity contribution >= 4 is 35.0 Å². The maximum absolute atomic E-state index is 12.4. The molecule has 2 aromatic carbocycles. The summed E-state index contributed by atoms with van der Waals surface area (Å²) in [6.45, 7) is 3.23. The van der Waals surface area contributed by atoms with E-state index in [1.807, 2.05) is 36.4 Å². The quantitative estimate of drug-likeness (QED) is 0.636. The Morgan fingerprint density at radius 2 is 1.78 bits per heavy atom. The Morgan fingerprint density at radius 3 is 2.52 bits per heavy atom. The topological polar surface area (TPSA) is 102 Å². The van der Waals surface area contributed by atoms with Crippen molar-refractivity contribution in [2.75, 3.05) is 10.6 Å². The third kappa shape index (κ3) is 4.91. The Kier molecular flexibility index (Phi) is 5.82. The van der Waals surface area contributed by atoms with Gasteiger partial charge in [0.25, 0.3) is 0 Å². The highest BCUT2D eigenvalue weighted by molar-refractivity contribution is 8.00. The fraction of sp³-hybridized carbons (Fsp3) is 0.167. The Balaban J connectivity index is 1.73. The fourth-order valence-corrected chi connectivity index (χ4v) is 3.12. The van der Waals surface area contributed by atoms with E-state index in [2.05, 4.69) is 26.2 Å². The molecule has 0 aliphatic rings. The van der Waals surface area contributed by atoms with Gasteiger partial charge >= 0.3 is 0 Å². The molecule has 0 saturated carbocycles. The van der Waals surface area contributed by atoms with E-state index in [1.54, 1.807) is 25.1 Å². The Labute approximate surface area is 160 Å². The highest BCUT2D eigenvalue weighted by Gasteiger charge is 2.19. The molecule has 0 aliphatic heterocycles. The smallest absolute Gasteiger partial charge is 0.237 e. The molecule has 3 rings (SSSR count). The number of hydrogen-bond acceptors (Lipinski definition) is 6. The van der Waals surface area contributed by atoms with E-state index >= 15 is 0 Å². The molecule has 138 valence electrons. The number of nitrogens with zero attached hydrogens (tertiary/aromatic N) is 4. The number of amides is 2. The molecule has 0 unspecified atom stereocenters. The second-order valence-electron chi connectivity index (χ2n) is 5.72. The van der Waals surface area contributed by atoms with Crippen molar-refractivity contribution in [1.29, 1.82) is 0 Å². The van der Waals surface area contributed by atoms with E-state index in [4.69, 9.17) is 0 Å². The van der Waals surface area contributed by atoms with Gasteiger partial charge < -0.3 is 10.6 Å². The average molecular weight is 382 g/mol. The summed E-state index contributed by atoms with van der Waals surface area (Å²) in [6.07, 6.45) is 0. The highest BCUT2D eigenvalue weighted by Crippen LogP contribution is 2.25. The summed E-state index contributed by atoms with van der Waals surface area (Å²) < 4.78 is 1.53. The zero-order valence-electron chi connectivity index (χ0n) is 14.8. The summed E-state index contributed by atoms with van der Waals surface area (Å²) in [6, 6.07) is 16.4. The van der Waals surface area contributed by atoms with Gasteiger partial charge in [0.15, 0.2) is 0 Å². The first-order valence-electron chi connectivity index (χ1n) is 8.22. The summed E-state index contributed by atoms with van der Waals surface area (Å²) in [4.78, 5) is 23.6. The number of benzene rings is 2. The molecule has 0 aliphatic carbocycles. The number of hydrogen-bond donors (Lipinski definition) is 2. The fourth-order valence-electron chi connectivity index (χ4n) is 2.31. The number of para-hydroxylation sites is 1. The molecule has 0 radical (unpaired) electrons.